The van der Waals surface area contributed by atoms with Gasteiger partial charge in [-0.3, -0.25) is 19.2 Å². The summed E-state index contributed by atoms with van der Waals surface area (Å²) in [5.41, 5.74) is 4.52. The molecule has 0 radical (unpaired) electrons. The van der Waals surface area contributed by atoms with Gasteiger partial charge in [-0.05, 0) is 60.3 Å². The Balaban J connectivity index is -0.000000575. The molecule has 0 aliphatic heterocycles. The average molecular weight is 594 g/mol. The Morgan fingerprint density at radius 3 is 1.52 bits per heavy atom. The van der Waals surface area contributed by atoms with E-state index in [0.29, 0.717) is 26.4 Å². The monoisotopic (exact) mass is 593 g/mol. The number of primary amides is 1. The molecule has 0 spiro atoms. The zero-order valence-corrected chi connectivity index (χ0v) is 28.1. The molecule has 0 fully saturated rings. The quantitative estimate of drug-likeness (QED) is 0.123. The van der Waals surface area contributed by atoms with Crippen molar-refractivity contribution in [2.45, 2.75) is 101 Å². The molecule has 0 rings (SSSR count). The third kappa shape index (κ3) is 20.8. The van der Waals surface area contributed by atoms with Crippen molar-refractivity contribution in [2.75, 3.05) is 40.0 Å². The highest BCUT2D eigenvalue weighted by Crippen LogP contribution is 2.20. The molecule has 0 heterocycles. The van der Waals surface area contributed by atoms with E-state index in [4.69, 9.17) is 19.0 Å². The number of nitrogens with one attached hydrogen (secondary N) is 2. The van der Waals surface area contributed by atoms with Crippen molar-refractivity contribution in [1.82, 2.24) is 10.6 Å². The van der Waals surface area contributed by atoms with Gasteiger partial charge in [-0.1, -0.05) is 34.6 Å². The van der Waals surface area contributed by atoms with Crippen LogP contribution in [0.5, 0.6) is 0 Å². The molecule has 0 aromatic carbocycles. The van der Waals surface area contributed by atoms with Gasteiger partial charge in [0.15, 0.2) is 0 Å². The van der Waals surface area contributed by atoms with Crippen molar-refractivity contribution in [3.05, 3.63) is 0 Å². The second-order valence-electron chi connectivity index (χ2n) is 9.91. The summed E-state index contributed by atoms with van der Waals surface area (Å²) in [7, 11) is -1.14. The van der Waals surface area contributed by atoms with E-state index in [1.165, 1.54) is 7.11 Å². The van der Waals surface area contributed by atoms with Crippen LogP contribution in [0.3, 0.4) is 0 Å². The highest BCUT2D eigenvalue weighted by atomic mass is 28.4. The fourth-order valence-corrected chi connectivity index (χ4v) is 5.44. The smallest absolute Gasteiger partial charge is 0.469 e. The minimum atomic E-state index is -2.55. The topological polar surface area (TPSA) is 155 Å². The molecule has 0 bridgehead atoms. The van der Waals surface area contributed by atoms with Gasteiger partial charge in [-0.2, -0.15) is 0 Å². The maximum Gasteiger partial charge on any atom is 0.500 e. The second kappa shape index (κ2) is 24.7. The Hall–Kier alpha value is -2.02. The van der Waals surface area contributed by atoms with Crippen molar-refractivity contribution < 1.29 is 37.2 Å². The van der Waals surface area contributed by atoms with Gasteiger partial charge < -0.3 is 34.4 Å². The predicted octanol–water partition coefficient (Wildman–Crippen LogP) is 3.82. The Labute approximate surface area is 244 Å². The van der Waals surface area contributed by atoms with Crippen LogP contribution in [-0.4, -0.2) is 72.5 Å². The highest BCUT2D eigenvalue weighted by Gasteiger charge is 2.39. The van der Waals surface area contributed by atoms with Crippen LogP contribution >= 0.6 is 0 Å². The van der Waals surface area contributed by atoms with Crippen LogP contribution in [-0.2, 0) is 37.2 Å². The molecule has 40 heavy (non-hydrogen) atoms. The summed E-state index contributed by atoms with van der Waals surface area (Å²) < 4.78 is 21.9. The third-order valence-electron chi connectivity index (χ3n) is 6.23. The summed E-state index contributed by atoms with van der Waals surface area (Å²) in [5, 5.41) is 5.37. The average Bonchev–Trinajstić information content (AvgIpc) is 2.93. The zero-order chi connectivity index (χ0) is 31.8. The van der Waals surface area contributed by atoms with E-state index in [-0.39, 0.29) is 41.6 Å². The molecule has 3 amide bonds. The van der Waals surface area contributed by atoms with Gasteiger partial charge in [-0.25, -0.2) is 0 Å². The zero-order valence-electron chi connectivity index (χ0n) is 27.1. The summed E-state index contributed by atoms with van der Waals surface area (Å²) >= 11 is 0. The Morgan fingerprint density at radius 1 is 0.800 bits per heavy atom. The molecule has 11 nitrogen and oxygen atoms in total. The second-order valence-corrected chi connectivity index (χ2v) is 12.6. The first kappa shape index (κ1) is 42.4. The SMILES string of the molecule is CCC(C)(C)C(=O)OC.CCC(C)C(=O)NCC(N)=O.CCO[Si](CCCNC(=O)C(C)CC)(OCC)OCC. The fraction of sp³-hybridized carbons (Fsp3) is 0.857. The van der Waals surface area contributed by atoms with Crippen molar-refractivity contribution in [3.63, 3.8) is 0 Å². The van der Waals surface area contributed by atoms with Crippen LogP contribution in [0.4, 0.5) is 0 Å². The van der Waals surface area contributed by atoms with E-state index in [1.54, 1.807) is 6.92 Å². The number of carbonyl (C=O) groups is 4. The highest BCUT2D eigenvalue weighted by molar-refractivity contribution is 6.60. The van der Waals surface area contributed by atoms with Crippen LogP contribution in [0, 0.1) is 17.3 Å². The first-order chi connectivity index (χ1) is 18.7. The molecular weight excluding hydrogens is 534 g/mol. The summed E-state index contributed by atoms with van der Waals surface area (Å²) in [6.07, 6.45) is 3.26. The van der Waals surface area contributed by atoms with Gasteiger partial charge in [0.25, 0.3) is 0 Å². The molecule has 0 aromatic rings. The molecule has 0 aromatic heterocycles. The molecular formula is C28H59N3O8Si. The number of methoxy groups -OCH3 is 1. The molecule has 4 N–H and O–H groups in total. The maximum absolute atomic E-state index is 11.7. The van der Waals surface area contributed by atoms with Crippen LogP contribution in [0.2, 0.25) is 6.04 Å². The number of ether oxygens (including phenoxy) is 1. The van der Waals surface area contributed by atoms with Crippen molar-refractivity contribution in [2.24, 2.45) is 23.0 Å². The standard InChI is InChI=1S/C14H31NO4Si.C7H14N2O2.C7H14O2/c1-6-13(5)14(16)15-11-10-12-20(17-7-2,18-8-3)19-9-4;1-3-5(2)7(11)9-4-6(8)10;1-5-7(2,3)6(8)9-4/h13H,6-12H2,1-5H3,(H,15,16);5H,3-4H2,1-2H3,(H2,8,10)(H,9,11);5H2,1-4H3. The molecule has 0 saturated carbocycles. The van der Waals surface area contributed by atoms with Gasteiger partial charge >= 0.3 is 14.8 Å². The largest absolute Gasteiger partial charge is 0.500 e. The molecule has 12 heteroatoms. The maximum atomic E-state index is 11.7. The Kier molecular flexibility index (Phi) is 26.3. The van der Waals surface area contributed by atoms with Crippen molar-refractivity contribution in [1.29, 1.82) is 0 Å². The van der Waals surface area contributed by atoms with Crippen molar-refractivity contribution in [3.8, 4) is 0 Å². The fourth-order valence-electron chi connectivity index (χ4n) is 2.83. The molecule has 238 valence electrons. The van der Waals surface area contributed by atoms with E-state index in [1.807, 2.05) is 62.3 Å². The van der Waals surface area contributed by atoms with Crippen LogP contribution < -0.4 is 16.4 Å². The van der Waals surface area contributed by atoms with E-state index in [9.17, 15) is 19.2 Å². The van der Waals surface area contributed by atoms with E-state index in [0.717, 1.165) is 31.7 Å². The van der Waals surface area contributed by atoms with Crippen LogP contribution in [0.15, 0.2) is 0 Å². The first-order valence-corrected chi connectivity index (χ1v) is 16.4. The lowest BCUT2D eigenvalue weighted by Gasteiger charge is -2.28. The number of nitrogens with two attached hydrogens (primary N) is 1. The molecule has 0 aliphatic rings. The van der Waals surface area contributed by atoms with Gasteiger partial charge in [-0.15, -0.1) is 0 Å². The number of hydrogen-bond donors (Lipinski definition) is 3. The molecule has 2 atom stereocenters. The summed E-state index contributed by atoms with van der Waals surface area (Å²) in [5.74, 6) is -0.626. The van der Waals surface area contributed by atoms with Gasteiger partial charge in [0.2, 0.25) is 17.7 Å². The van der Waals surface area contributed by atoms with E-state index in [2.05, 4.69) is 15.4 Å². The summed E-state index contributed by atoms with van der Waals surface area (Å²) in [4.78, 5) is 43.7. The lowest BCUT2D eigenvalue weighted by Crippen LogP contribution is -2.46. The minimum Gasteiger partial charge on any atom is -0.469 e. The lowest BCUT2D eigenvalue weighted by molar-refractivity contribution is -0.150. The molecule has 0 aliphatic carbocycles. The number of rotatable bonds is 18. The normalized spacial score (nSPS) is 12.5. The Bertz CT molecular complexity index is 690. The Morgan fingerprint density at radius 2 is 1.23 bits per heavy atom. The third-order valence-corrected chi connectivity index (χ3v) is 9.38. The summed E-state index contributed by atoms with van der Waals surface area (Å²) in [6, 6.07) is 0.739. The van der Waals surface area contributed by atoms with Crippen LogP contribution in [0.1, 0.15) is 94.9 Å². The van der Waals surface area contributed by atoms with E-state index >= 15 is 0 Å². The molecule has 2 unspecified atom stereocenters. The number of amides is 3. The minimum absolute atomic E-state index is 0.0469. The van der Waals surface area contributed by atoms with Gasteiger partial charge in [0, 0.05) is 44.2 Å². The van der Waals surface area contributed by atoms with E-state index < -0.39 is 14.7 Å². The van der Waals surface area contributed by atoms with Crippen LogP contribution in [0.25, 0.3) is 0 Å². The van der Waals surface area contributed by atoms with Crippen molar-refractivity contribution >= 4 is 32.5 Å². The lowest BCUT2D eigenvalue weighted by atomic mass is 9.91. The first-order valence-electron chi connectivity index (χ1n) is 14.5. The number of hydrogen-bond acceptors (Lipinski definition) is 8. The number of esters is 1. The predicted molar refractivity (Wildman–Crippen MR) is 160 cm³/mol. The molecule has 0 saturated heterocycles. The van der Waals surface area contributed by atoms with Gasteiger partial charge in [0.05, 0.1) is 19.1 Å². The van der Waals surface area contributed by atoms with Gasteiger partial charge in [0.1, 0.15) is 0 Å². The summed E-state index contributed by atoms with van der Waals surface area (Å²) in [6.45, 7) is 21.6. The number of carbonyl (C=O) groups excluding carboxylic acids is 4.